The summed E-state index contributed by atoms with van der Waals surface area (Å²) in [5, 5.41) is 12.8. The van der Waals surface area contributed by atoms with Gasteiger partial charge in [0.2, 0.25) is 0 Å². The van der Waals surface area contributed by atoms with E-state index in [2.05, 4.69) is 42.9 Å². The Bertz CT molecular complexity index is 912. The fourth-order valence-electron chi connectivity index (χ4n) is 3.91. The Morgan fingerprint density at radius 1 is 1.19 bits per heavy atom. The SMILES string of the molecule is Cc1nnc2ccc(N3CC(N(C)Cc4cn5c(n4)CCCC5)C3)nn12. The second-order valence-electron chi connectivity index (χ2n) is 7.48. The van der Waals surface area contributed by atoms with Crippen molar-refractivity contribution in [2.45, 2.75) is 45.3 Å². The van der Waals surface area contributed by atoms with Crippen LogP contribution in [0.4, 0.5) is 5.82 Å². The number of rotatable bonds is 4. The molecule has 136 valence electrons. The minimum absolute atomic E-state index is 0.535. The first-order chi connectivity index (χ1) is 12.7. The largest absolute Gasteiger partial charge is 0.352 e. The van der Waals surface area contributed by atoms with Crippen molar-refractivity contribution in [3.05, 3.63) is 35.7 Å². The van der Waals surface area contributed by atoms with Gasteiger partial charge in [-0.3, -0.25) is 4.90 Å². The lowest BCUT2D eigenvalue weighted by Crippen LogP contribution is -2.58. The smallest absolute Gasteiger partial charge is 0.178 e. The van der Waals surface area contributed by atoms with E-state index in [1.165, 1.54) is 24.4 Å². The third kappa shape index (κ3) is 2.65. The molecule has 5 rings (SSSR count). The zero-order chi connectivity index (χ0) is 17.7. The van der Waals surface area contributed by atoms with Crippen molar-refractivity contribution in [1.29, 1.82) is 0 Å². The third-order valence-electron chi connectivity index (χ3n) is 5.58. The van der Waals surface area contributed by atoms with Crippen molar-refractivity contribution >= 4 is 11.5 Å². The molecular formula is C18H24N8. The van der Waals surface area contributed by atoms with E-state index in [9.17, 15) is 0 Å². The number of anilines is 1. The highest BCUT2D eigenvalue weighted by molar-refractivity contribution is 5.47. The van der Waals surface area contributed by atoms with Gasteiger partial charge in [0, 0.05) is 44.8 Å². The molecule has 0 N–H and O–H groups in total. The molecule has 0 aromatic carbocycles. The van der Waals surface area contributed by atoms with Crippen LogP contribution < -0.4 is 4.90 Å². The molecule has 26 heavy (non-hydrogen) atoms. The summed E-state index contributed by atoms with van der Waals surface area (Å²) in [7, 11) is 2.20. The van der Waals surface area contributed by atoms with Gasteiger partial charge in [0.25, 0.3) is 0 Å². The van der Waals surface area contributed by atoms with Crippen molar-refractivity contribution in [3.63, 3.8) is 0 Å². The van der Waals surface area contributed by atoms with Crippen LogP contribution >= 0.6 is 0 Å². The number of fused-ring (bicyclic) bond motifs is 2. The second kappa shape index (κ2) is 6.05. The van der Waals surface area contributed by atoms with E-state index >= 15 is 0 Å². The van der Waals surface area contributed by atoms with Gasteiger partial charge in [-0.2, -0.15) is 4.52 Å². The Kier molecular flexibility index (Phi) is 3.66. The molecule has 5 heterocycles. The molecule has 1 saturated heterocycles. The van der Waals surface area contributed by atoms with Gasteiger partial charge in [0.15, 0.2) is 11.5 Å². The molecular weight excluding hydrogens is 328 g/mol. The van der Waals surface area contributed by atoms with Gasteiger partial charge < -0.3 is 9.47 Å². The second-order valence-corrected chi connectivity index (χ2v) is 7.48. The van der Waals surface area contributed by atoms with Gasteiger partial charge in [-0.05, 0) is 38.9 Å². The first-order valence-corrected chi connectivity index (χ1v) is 9.36. The van der Waals surface area contributed by atoms with Crippen LogP contribution in [0.3, 0.4) is 0 Å². The van der Waals surface area contributed by atoms with Crippen molar-refractivity contribution in [2.24, 2.45) is 0 Å². The first-order valence-electron chi connectivity index (χ1n) is 9.36. The van der Waals surface area contributed by atoms with E-state index in [0.717, 1.165) is 49.9 Å². The summed E-state index contributed by atoms with van der Waals surface area (Å²) < 4.78 is 4.14. The quantitative estimate of drug-likeness (QED) is 0.705. The first kappa shape index (κ1) is 15.7. The maximum Gasteiger partial charge on any atom is 0.178 e. The molecule has 0 spiro atoms. The fourth-order valence-corrected chi connectivity index (χ4v) is 3.91. The van der Waals surface area contributed by atoms with E-state index in [-0.39, 0.29) is 0 Å². The molecule has 0 atom stereocenters. The lowest BCUT2D eigenvalue weighted by Gasteiger charge is -2.44. The van der Waals surface area contributed by atoms with Gasteiger partial charge in [-0.1, -0.05) is 0 Å². The molecule has 0 saturated carbocycles. The van der Waals surface area contributed by atoms with Crippen molar-refractivity contribution < 1.29 is 0 Å². The Hall–Kier alpha value is -2.48. The molecule has 0 radical (unpaired) electrons. The molecule has 2 aliphatic heterocycles. The number of hydrogen-bond donors (Lipinski definition) is 0. The summed E-state index contributed by atoms with van der Waals surface area (Å²) in [6, 6.07) is 4.55. The zero-order valence-electron chi connectivity index (χ0n) is 15.3. The van der Waals surface area contributed by atoms with Crippen molar-refractivity contribution in [2.75, 3.05) is 25.0 Å². The van der Waals surface area contributed by atoms with E-state index in [4.69, 9.17) is 4.98 Å². The number of imidazole rings is 1. The van der Waals surface area contributed by atoms with Gasteiger partial charge in [0.05, 0.1) is 5.69 Å². The molecule has 3 aromatic heterocycles. The molecule has 8 heteroatoms. The Labute approximate surface area is 152 Å². The van der Waals surface area contributed by atoms with Gasteiger partial charge in [-0.15, -0.1) is 15.3 Å². The monoisotopic (exact) mass is 352 g/mol. The molecule has 0 unspecified atom stereocenters. The van der Waals surface area contributed by atoms with Crippen LogP contribution in [0.15, 0.2) is 18.3 Å². The molecule has 0 aliphatic carbocycles. The summed E-state index contributed by atoms with van der Waals surface area (Å²) in [6.45, 7) is 5.94. The molecule has 2 aliphatic rings. The number of likely N-dealkylation sites (N-methyl/N-ethyl adjacent to an activating group) is 1. The van der Waals surface area contributed by atoms with E-state index < -0.39 is 0 Å². The summed E-state index contributed by atoms with van der Waals surface area (Å²) >= 11 is 0. The van der Waals surface area contributed by atoms with Crippen LogP contribution in [-0.4, -0.2) is 60.4 Å². The highest BCUT2D eigenvalue weighted by atomic mass is 15.4. The maximum atomic E-state index is 4.82. The normalized spacial score (nSPS) is 17.7. The molecule has 3 aromatic rings. The number of nitrogens with zero attached hydrogens (tertiary/aromatic N) is 8. The standard InChI is InChI=1S/C18H24N8/c1-13-20-21-17-6-7-18(22-26(13)17)25-11-15(12-25)23(2)9-14-10-24-8-4-3-5-16(24)19-14/h6-7,10,15H,3-5,8-9,11-12H2,1-2H3. The number of aryl methyl sites for hydroxylation is 3. The molecule has 0 amide bonds. The minimum Gasteiger partial charge on any atom is -0.352 e. The van der Waals surface area contributed by atoms with Crippen molar-refractivity contribution in [1.82, 2.24) is 34.3 Å². The highest BCUT2D eigenvalue weighted by Crippen LogP contribution is 2.23. The maximum absolute atomic E-state index is 4.82. The Balaban J connectivity index is 1.22. The predicted octanol–water partition coefficient (Wildman–Crippen LogP) is 1.29. The fraction of sp³-hybridized carbons (Fsp3) is 0.556. The van der Waals surface area contributed by atoms with E-state index in [0.29, 0.717) is 6.04 Å². The summed E-state index contributed by atoms with van der Waals surface area (Å²) in [4.78, 5) is 9.54. The van der Waals surface area contributed by atoms with Crippen LogP contribution in [0, 0.1) is 6.92 Å². The van der Waals surface area contributed by atoms with Crippen LogP contribution in [0.2, 0.25) is 0 Å². The van der Waals surface area contributed by atoms with E-state index in [1.54, 1.807) is 0 Å². The highest BCUT2D eigenvalue weighted by Gasteiger charge is 2.31. The van der Waals surface area contributed by atoms with Gasteiger partial charge >= 0.3 is 0 Å². The summed E-state index contributed by atoms with van der Waals surface area (Å²) in [5.41, 5.74) is 1.99. The molecule has 1 fully saturated rings. The van der Waals surface area contributed by atoms with Crippen molar-refractivity contribution in [3.8, 4) is 0 Å². The predicted molar refractivity (Wildman–Crippen MR) is 98.2 cm³/mol. The molecule has 0 bridgehead atoms. The average molecular weight is 352 g/mol. The van der Waals surface area contributed by atoms with Crippen LogP contribution in [0.25, 0.3) is 5.65 Å². The zero-order valence-corrected chi connectivity index (χ0v) is 15.3. The Morgan fingerprint density at radius 2 is 2.08 bits per heavy atom. The number of hydrogen-bond acceptors (Lipinski definition) is 6. The molecule has 8 nitrogen and oxygen atoms in total. The van der Waals surface area contributed by atoms with E-state index in [1.807, 2.05) is 23.6 Å². The average Bonchev–Trinajstić information content (AvgIpc) is 3.16. The number of aromatic nitrogens is 6. The third-order valence-corrected chi connectivity index (χ3v) is 5.58. The minimum atomic E-state index is 0.535. The lowest BCUT2D eigenvalue weighted by molar-refractivity contribution is 0.194. The van der Waals surface area contributed by atoms with Crippen LogP contribution in [0.1, 0.15) is 30.2 Å². The van der Waals surface area contributed by atoms with Crippen LogP contribution in [-0.2, 0) is 19.5 Å². The van der Waals surface area contributed by atoms with Gasteiger partial charge in [-0.25, -0.2) is 4.98 Å². The topological polar surface area (TPSA) is 67.4 Å². The summed E-state index contributed by atoms with van der Waals surface area (Å²) in [6.07, 6.45) is 5.91. The van der Waals surface area contributed by atoms with Crippen LogP contribution in [0.5, 0.6) is 0 Å². The van der Waals surface area contributed by atoms with Gasteiger partial charge in [0.1, 0.15) is 11.6 Å². The Morgan fingerprint density at radius 3 is 2.92 bits per heavy atom. The lowest BCUT2D eigenvalue weighted by atomic mass is 10.1. The summed E-state index contributed by atoms with van der Waals surface area (Å²) in [5.74, 6) is 3.07.